The standard InChI is InChI=1S/C17H17NO4/c1-11-3-6-14(7-4-11)22-12(2)17(19)18-13-5-8-15-16(9-13)21-10-20-15/h3-9,12H,10H2,1-2H3,(H,18,19)/t12-/m0/s1. The maximum absolute atomic E-state index is 12.2. The second-order valence-corrected chi connectivity index (χ2v) is 5.13. The van der Waals surface area contributed by atoms with Crippen LogP contribution in [0.3, 0.4) is 0 Å². The molecule has 1 aliphatic heterocycles. The SMILES string of the molecule is Cc1ccc(O[C@@H](C)C(=O)Nc2ccc3c(c2)OCO3)cc1. The smallest absolute Gasteiger partial charge is 0.265 e. The van der Waals surface area contributed by atoms with E-state index >= 15 is 0 Å². The highest BCUT2D eigenvalue weighted by Gasteiger charge is 2.17. The number of rotatable bonds is 4. The molecule has 1 heterocycles. The fraction of sp³-hybridized carbons (Fsp3) is 0.235. The van der Waals surface area contributed by atoms with Gasteiger partial charge in [-0.1, -0.05) is 17.7 Å². The van der Waals surface area contributed by atoms with E-state index in [0.717, 1.165) is 5.56 Å². The molecule has 1 amide bonds. The molecular formula is C17H17NO4. The Balaban J connectivity index is 1.62. The van der Waals surface area contributed by atoms with E-state index in [4.69, 9.17) is 14.2 Å². The normalized spacial score (nSPS) is 13.5. The van der Waals surface area contributed by atoms with Gasteiger partial charge in [-0.2, -0.15) is 0 Å². The molecule has 0 saturated heterocycles. The zero-order valence-corrected chi connectivity index (χ0v) is 12.5. The van der Waals surface area contributed by atoms with Crippen LogP contribution in [0.5, 0.6) is 17.2 Å². The Morgan fingerprint density at radius 1 is 1.14 bits per heavy atom. The molecule has 0 unspecified atom stereocenters. The van der Waals surface area contributed by atoms with E-state index in [0.29, 0.717) is 22.9 Å². The Hall–Kier alpha value is -2.69. The monoisotopic (exact) mass is 299 g/mol. The van der Waals surface area contributed by atoms with Gasteiger partial charge in [-0.05, 0) is 38.1 Å². The van der Waals surface area contributed by atoms with Crippen molar-refractivity contribution in [3.63, 3.8) is 0 Å². The zero-order chi connectivity index (χ0) is 15.5. The zero-order valence-electron chi connectivity index (χ0n) is 12.5. The van der Waals surface area contributed by atoms with Crippen LogP contribution in [0.25, 0.3) is 0 Å². The topological polar surface area (TPSA) is 56.8 Å². The summed E-state index contributed by atoms with van der Waals surface area (Å²) in [5, 5.41) is 2.80. The number of carbonyl (C=O) groups excluding carboxylic acids is 1. The van der Waals surface area contributed by atoms with Crippen molar-refractivity contribution in [1.82, 2.24) is 0 Å². The van der Waals surface area contributed by atoms with Gasteiger partial charge in [-0.3, -0.25) is 4.79 Å². The lowest BCUT2D eigenvalue weighted by molar-refractivity contribution is -0.122. The third-order valence-electron chi connectivity index (χ3n) is 3.34. The number of hydrogen-bond acceptors (Lipinski definition) is 4. The number of hydrogen-bond donors (Lipinski definition) is 1. The van der Waals surface area contributed by atoms with E-state index in [1.54, 1.807) is 25.1 Å². The van der Waals surface area contributed by atoms with E-state index in [1.165, 1.54) is 0 Å². The molecule has 0 bridgehead atoms. The third kappa shape index (κ3) is 3.14. The number of benzene rings is 2. The number of carbonyl (C=O) groups is 1. The molecule has 1 atom stereocenters. The van der Waals surface area contributed by atoms with E-state index in [1.807, 2.05) is 31.2 Å². The molecule has 2 aromatic rings. The molecule has 114 valence electrons. The molecular weight excluding hydrogens is 282 g/mol. The Labute approximate surface area is 128 Å². The largest absolute Gasteiger partial charge is 0.481 e. The third-order valence-corrected chi connectivity index (χ3v) is 3.34. The molecule has 0 aliphatic carbocycles. The van der Waals surface area contributed by atoms with Crippen molar-refractivity contribution >= 4 is 11.6 Å². The molecule has 22 heavy (non-hydrogen) atoms. The van der Waals surface area contributed by atoms with Crippen LogP contribution in [0.2, 0.25) is 0 Å². The summed E-state index contributed by atoms with van der Waals surface area (Å²) in [4.78, 5) is 12.2. The first-order valence-corrected chi connectivity index (χ1v) is 7.05. The maximum Gasteiger partial charge on any atom is 0.265 e. The van der Waals surface area contributed by atoms with Crippen LogP contribution in [0.1, 0.15) is 12.5 Å². The lowest BCUT2D eigenvalue weighted by Crippen LogP contribution is -2.30. The quantitative estimate of drug-likeness (QED) is 0.942. The molecule has 3 rings (SSSR count). The van der Waals surface area contributed by atoms with Crippen LogP contribution < -0.4 is 19.5 Å². The lowest BCUT2D eigenvalue weighted by atomic mass is 10.2. The summed E-state index contributed by atoms with van der Waals surface area (Å²) in [6, 6.07) is 12.8. The van der Waals surface area contributed by atoms with Crippen LogP contribution in [-0.4, -0.2) is 18.8 Å². The molecule has 0 radical (unpaired) electrons. The van der Waals surface area contributed by atoms with Crippen molar-refractivity contribution in [3.8, 4) is 17.2 Å². The first-order valence-electron chi connectivity index (χ1n) is 7.05. The molecule has 0 fully saturated rings. The minimum Gasteiger partial charge on any atom is -0.481 e. The van der Waals surface area contributed by atoms with Crippen molar-refractivity contribution < 1.29 is 19.0 Å². The van der Waals surface area contributed by atoms with Crippen LogP contribution in [0.4, 0.5) is 5.69 Å². The van der Waals surface area contributed by atoms with Crippen molar-refractivity contribution in [1.29, 1.82) is 0 Å². The lowest BCUT2D eigenvalue weighted by Gasteiger charge is -2.15. The molecule has 5 heteroatoms. The number of nitrogens with one attached hydrogen (secondary N) is 1. The fourth-order valence-electron chi connectivity index (χ4n) is 2.09. The Kier molecular flexibility index (Phi) is 3.87. The predicted molar refractivity (Wildman–Crippen MR) is 82.5 cm³/mol. The highest BCUT2D eigenvalue weighted by Crippen LogP contribution is 2.34. The summed E-state index contributed by atoms with van der Waals surface area (Å²) in [6.45, 7) is 3.92. The molecule has 1 N–H and O–H groups in total. The first-order chi connectivity index (χ1) is 10.6. The van der Waals surface area contributed by atoms with Gasteiger partial charge in [0.1, 0.15) is 5.75 Å². The van der Waals surface area contributed by atoms with Gasteiger partial charge in [-0.15, -0.1) is 0 Å². The molecule has 0 aromatic heterocycles. The summed E-state index contributed by atoms with van der Waals surface area (Å²) in [7, 11) is 0. The van der Waals surface area contributed by atoms with Gasteiger partial charge in [0.15, 0.2) is 17.6 Å². The van der Waals surface area contributed by atoms with Gasteiger partial charge < -0.3 is 19.5 Å². The van der Waals surface area contributed by atoms with Crippen molar-refractivity contribution in [3.05, 3.63) is 48.0 Å². The van der Waals surface area contributed by atoms with Crippen LogP contribution in [0.15, 0.2) is 42.5 Å². The van der Waals surface area contributed by atoms with Crippen LogP contribution >= 0.6 is 0 Å². The summed E-state index contributed by atoms with van der Waals surface area (Å²) in [6.07, 6.45) is -0.604. The summed E-state index contributed by atoms with van der Waals surface area (Å²) in [5.41, 5.74) is 1.79. The van der Waals surface area contributed by atoms with Crippen molar-refractivity contribution in [2.45, 2.75) is 20.0 Å². The van der Waals surface area contributed by atoms with Gasteiger partial charge >= 0.3 is 0 Å². The van der Waals surface area contributed by atoms with Crippen molar-refractivity contribution in [2.24, 2.45) is 0 Å². The maximum atomic E-state index is 12.2. The highest BCUT2D eigenvalue weighted by atomic mass is 16.7. The number of aryl methyl sites for hydroxylation is 1. The Bertz CT molecular complexity index is 682. The number of fused-ring (bicyclic) bond motifs is 1. The van der Waals surface area contributed by atoms with Gasteiger partial charge in [-0.25, -0.2) is 0 Å². The predicted octanol–water partition coefficient (Wildman–Crippen LogP) is 3.13. The number of ether oxygens (including phenoxy) is 3. The average molecular weight is 299 g/mol. The summed E-state index contributed by atoms with van der Waals surface area (Å²) in [5.74, 6) is 1.75. The fourth-order valence-corrected chi connectivity index (χ4v) is 2.09. The molecule has 2 aromatic carbocycles. The number of anilines is 1. The van der Waals surface area contributed by atoms with Gasteiger partial charge in [0.2, 0.25) is 6.79 Å². The Morgan fingerprint density at radius 3 is 2.64 bits per heavy atom. The molecule has 0 saturated carbocycles. The van der Waals surface area contributed by atoms with Crippen LogP contribution in [0, 0.1) is 6.92 Å². The molecule has 0 spiro atoms. The van der Waals surface area contributed by atoms with Crippen molar-refractivity contribution in [2.75, 3.05) is 12.1 Å². The summed E-state index contributed by atoms with van der Waals surface area (Å²) >= 11 is 0. The minimum atomic E-state index is -0.604. The highest BCUT2D eigenvalue weighted by molar-refractivity contribution is 5.94. The van der Waals surface area contributed by atoms with E-state index in [2.05, 4.69) is 5.32 Å². The van der Waals surface area contributed by atoms with E-state index < -0.39 is 6.10 Å². The number of amides is 1. The average Bonchev–Trinajstić information content (AvgIpc) is 2.97. The summed E-state index contributed by atoms with van der Waals surface area (Å²) < 4.78 is 16.1. The van der Waals surface area contributed by atoms with E-state index in [9.17, 15) is 4.79 Å². The van der Waals surface area contributed by atoms with Gasteiger partial charge in [0.25, 0.3) is 5.91 Å². The van der Waals surface area contributed by atoms with E-state index in [-0.39, 0.29) is 12.7 Å². The molecule has 1 aliphatic rings. The second kappa shape index (κ2) is 5.97. The van der Waals surface area contributed by atoms with Gasteiger partial charge in [0.05, 0.1) is 0 Å². The minimum absolute atomic E-state index is 0.208. The molecule has 5 nitrogen and oxygen atoms in total. The first kappa shape index (κ1) is 14.3. The Morgan fingerprint density at radius 2 is 1.86 bits per heavy atom. The van der Waals surface area contributed by atoms with Crippen LogP contribution in [-0.2, 0) is 4.79 Å². The van der Waals surface area contributed by atoms with Gasteiger partial charge in [0, 0.05) is 11.8 Å². The second-order valence-electron chi connectivity index (χ2n) is 5.13.